The summed E-state index contributed by atoms with van der Waals surface area (Å²) in [6.07, 6.45) is 2.41. The fourth-order valence-electron chi connectivity index (χ4n) is 3.69. The molecule has 2 heterocycles. The van der Waals surface area contributed by atoms with Crippen molar-refractivity contribution < 1.29 is 33.9 Å². The molecule has 2 aliphatic heterocycles. The van der Waals surface area contributed by atoms with Gasteiger partial charge in [-0.3, -0.25) is 24.0 Å². The number of carboxylic acid groups (broad SMARTS) is 1. The predicted molar refractivity (Wildman–Crippen MR) is 145 cm³/mol. The monoisotopic (exact) mass is 571 g/mol. The van der Waals surface area contributed by atoms with Crippen LogP contribution in [0, 0.1) is 0 Å². The molecule has 2 N–H and O–H groups in total. The van der Waals surface area contributed by atoms with Crippen LogP contribution in [0.5, 0.6) is 0 Å². The first kappa shape index (κ1) is 27.5. The third-order valence-electron chi connectivity index (χ3n) is 5.48. The Morgan fingerprint density at radius 1 is 0.895 bits per heavy atom. The van der Waals surface area contributed by atoms with Crippen LogP contribution < -0.4 is 15.1 Å². The zero-order chi connectivity index (χ0) is 27.4. The quantitative estimate of drug-likeness (QED) is 0.323. The maximum atomic E-state index is 12.9. The average Bonchev–Trinajstić information content (AvgIpc) is 3.37. The maximum Gasteiger partial charge on any atom is 0.327 e. The molecule has 1 saturated heterocycles. The van der Waals surface area contributed by atoms with Crippen molar-refractivity contribution in [3.05, 3.63) is 60.7 Å². The largest absolute Gasteiger partial charge is 0.480 e. The number of anilines is 2. The molecule has 0 bridgehead atoms. The molecule has 0 aromatic heterocycles. The van der Waals surface area contributed by atoms with Gasteiger partial charge in [0.1, 0.15) is 6.04 Å². The van der Waals surface area contributed by atoms with E-state index in [1.165, 1.54) is 40.7 Å². The summed E-state index contributed by atoms with van der Waals surface area (Å²) in [5, 5.41) is 10.8. The van der Waals surface area contributed by atoms with Gasteiger partial charge >= 0.3 is 5.97 Å². The van der Waals surface area contributed by atoms with Gasteiger partial charge in [0.15, 0.2) is 0 Å². The van der Waals surface area contributed by atoms with E-state index in [0.717, 1.165) is 31.4 Å². The molecule has 0 radical (unpaired) electrons. The highest BCUT2D eigenvalue weighted by Crippen LogP contribution is 2.39. The van der Waals surface area contributed by atoms with Gasteiger partial charge in [0, 0.05) is 41.0 Å². The van der Waals surface area contributed by atoms with Crippen LogP contribution in [0.1, 0.15) is 13.3 Å². The normalized spacial score (nSPS) is 17.9. The number of imide groups is 2. The van der Waals surface area contributed by atoms with Crippen LogP contribution in [0.25, 0.3) is 0 Å². The number of nitrogens with zero attached hydrogens (tertiary/aromatic N) is 2. The van der Waals surface area contributed by atoms with Crippen molar-refractivity contribution in [1.29, 1.82) is 0 Å². The minimum absolute atomic E-state index is 0.0399. The molecule has 38 heavy (non-hydrogen) atoms. The van der Waals surface area contributed by atoms with E-state index in [2.05, 4.69) is 5.32 Å². The van der Waals surface area contributed by atoms with Crippen molar-refractivity contribution in [2.45, 2.75) is 34.4 Å². The molecule has 0 spiro atoms. The number of carboxylic acids is 1. The first-order valence-corrected chi connectivity index (χ1v) is 14.4. The first-order chi connectivity index (χ1) is 18.1. The number of carbonyl (C=O) groups excluding carboxylic acids is 5. The molecule has 5 amide bonds. The Morgan fingerprint density at radius 2 is 1.39 bits per heavy atom. The van der Waals surface area contributed by atoms with Gasteiger partial charge in [-0.15, -0.1) is 11.8 Å². The molecule has 2 aromatic rings. The number of carbonyl (C=O) groups is 6. The molecule has 196 valence electrons. The summed E-state index contributed by atoms with van der Waals surface area (Å²) in [7, 11) is 2.92. The second-order valence-electron chi connectivity index (χ2n) is 8.18. The van der Waals surface area contributed by atoms with Gasteiger partial charge in [0.05, 0.1) is 16.6 Å². The van der Waals surface area contributed by atoms with E-state index in [1.807, 2.05) is 0 Å². The molecule has 0 saturated carbocycles. The summed E-state index contributed by atoms with van der Waals surface area (Å²) in [4.78, 5) is 75.5. The zero-order valence-electron chi connectivity index (χ0n) is 19.9. The summed E-state index contributed by atoms with van der Waals surface area (Å²) in [6.45, 7) is 1.21. The van der Waals surface area contributed by atoms with E-state index in [9.17, 15) is 33.9 Å². The number of thioether (sulfide) groups is 1. The van der Waals surface area contributed by atoms with E-state index in [0.29, 0.717) is 11.4 Å². The zero-order valence-corrected chi connectivity index (χ0v) is 22.3. The Bertz CT molecular complexity index is 1310. The van der Waals surface area contributed by atoms with Crippen molar-refractivity contribution in [2.24, 2.45) is 0 Å². The van der Waals surface area contributed by atoms with E-state index in [1.54, 1.807) is 48.5 Å². The van der Waals surface area contributed by atoms with Crippen LogP contribution in [-0.2, 0) is 28.8 Å². The summed E-state index contributed by atoms with van der Waals surface area (Å²) in [5.41, 5.74) is 0.917. The fraction of sp³-hybridized carbons (Fsp3) is 0.200. The second kappa shape index (κ2) is 11.9. The van der Waals surface area contributed by atoms with Crippen LogP contribution in [0.3, 0.4) is 0 Å². The number of hydrogen-bond acceptors (Lipinski definition) is 9. The fourth-order valence-corrected chi connectivity index (χ4v) is 6.78. The van der Waals surface area contributed by atoms with Gasteiger partial charge in [-0.05, 0) is 48.5 Å². The number of rotatable bonds is 10. The average molecular weight is 572 g/mol. The number of amides is 5. The van der Waals surface area contributed by atoms with Crippen molar-refractivity contribution >= 4 is 80.2 Å². The third-order valence-corrected chi connectivity index (χ3v) is 9.19. The first-order valence-electron chi connectivity index (χ1n) is 11.2. The molecule has 2 atom stereocenters. The summed E-state index contributed by atoms with van der Waals surface area (Å²) in [6, 6.07) is 12.8. The molecule has 1 unspecified atom stereocenters. The van der Waals surface area contributed by atoms with E-state index >= 15 is 0 Å². The topological polar surface area (TPSA) is 141 Å². The number of hydrogen-bond donors (Lipinski definition) is 2. The number of benzene rings is 2. The lowest BCUT2D eigenvalue weighted by Gasteiger charge is -2.17. The van der Waals surface area contributed by atoms with Gasteiger partial charge in [0.25, 0.3) is 11.8 Å². The van der Waals surface area contributed by atoms with E-state index < -0.39 is 29.1 Å². The number of aliphatic carboxylic acids is 1. The van der Waals surface area contributed by atoms with Gasteiger partial charge in [-0.2, -0.15) is 0 Å². The summed E-state index contributed by atoms with van der Waals surface area (Å²) < 4.78 is 0. The van der Waals surface area contributed by atoms with Gasteiger partial charge < -0.3 is 10.4 Å². The summed E-state index contributed by atoms with van der Waals surface area (Å²) >= 11 is 1.03. The molecule has 1 fully saturated rings. The Labute approximate surface area is 229 Å². The molecule has 2 aliphatic rings. The Morgan fingerprint density at radius 3 is 1.87 bits per heavy atom. The van der Waals surface area contributed by atoms with Crippen LogP contribution in [-0.4, -0.2) is 57.7 Å². The Balaban J connectivity index is 1.32. The van der Waals surface area contributed by atoms with Gasteiger partial charge in [0.2, 0.25) is 17.7 Å². The van der Waals surface area contributed by atoms with Gasteiger partial charge in [-0.25, -0.2) is 14.6 Å². The van der Waals surface area contributed by atoms with Crippen molar-refractivity contribution in [1.82, 2.24) is 5.32 Å². The molecular formula is C25H21N3O7S3. The lowest BCUT2D eigenvalue weighted by atomic mass is 10.3. The molecule has 4 rings (SSSR count). The number of nitrogens with one attached hydrogen (secondary N) is 1. The maximum absolute atomic E-state index is 12.9. The standard InChI is InChI=1S/C25H21N3O7S3/c1-14(29)26-19(25(34)35)13-36-20-12-23(32)28(24(20)33)16-4-8-18(9-5-16)38-37-17-6-2-15(3-7-17)27-21(30)10-11-22(27)31/h2-11,19-20H,12-13H2,1H3,(H,26,29)(H,34,35)/t19-,20?/m0/s1. The SMILES string of the molecule is CC(=O)N[C@@H](CSC1CC(=O)N(c2ccc(SSc3ccc(N4C(=O)C=CC4=O)cc3)cc2)C1=O)C(=O)O. The second-order valence-corrected chi connectivity index (χ2v) is 11.7. The smallest absolute Gasteiger partial charge is 0.327 e. The minimum atomic E-state index is -1.21. The van der Waals surface area contributed by atoms with Crippen LogP contribution >= 0.6 is 33.3 Å². The highest BCUT2D eigenvalue weighted by Gasteiger charge is 2.40. The van der Waals surface area contributed by atoms with Crippen molar-refractivity contribution in [3.63, 3.8) is 0 Å². The van der Waals surface area contributed by atoms with Crippen molar-refractivity contribution in [3.8, 4) is 0 Å². The predicted octanol–water partition coefficient (Wildman–Crippen LogP) is 2.87. The van der Waals surface area contributed by atoms with Crippen molar-refractivity contribution in [2.75, 3.05) is 15.6 Å². The third kappa shape index (κ3) is 6.29. The Kier molecular flexibility index (Phi) is 8.59. The van der Waals surface area contributed by atoms with Gasteiger partial charge in [-0.1, -0.05) is 21.6 Å². The molecule has 0 aliphatic carbocycles. The van der Waals surface area contributed by atoms with Crippen LogP contribution in [0.2, 0.25) is 0 Å². The lowest BCUT2D eigenvalue weighted by Crippen LogP contribution is -2.42. The highest BCUT2D eigenvalue weighted by atomic mass is 33.1. The molecule has 10 nitrogen and oxygen atoms in total. The molecule has 13 heteroatoms. The molecular weight excluding hydrogens is 550 g/mol. The highest BCUT2D eigenvalue weighted by molar-refractivity contribution is 8.76. The Hall–Kier alpha value is -3.55. The lowest BCUT2D eigenvalue weighted by molar-refractivity contribution is -0.140. The summed E-state index contributed by atoms with van der Waals surface area (Å²) in [5.74, 6) is -3.29. The molecule has 2 aromatic carbocycles. The van der Waals surface area contributed by atoms with E-state index in [-0.39, 0.29) is 29.9 Å². The van der Waals surface area contributed by atoms with Crippen LogP contribution in [0.15, 0.2) is 70.5 Å². The van der Waals surface area contributed by atoms with Crippen LogP contribution in [0.4, 0.5) is 11.4 Å². The van der Waals surface area contributed by atoms with E-state index in [4.69, 9.17) is 0 Å². The minimum Gasteiger partial charge on any atom is -0.480 e.